The minimum Gasteiger partial charge on any atom is -0.394 e. The van der Waals surface area contributed by atoms with E-state index in [1.165, 1.54) is 18.3 Å². The number of benzene rings is 2. The molecule has 34 heavy (non-hydrogen) atoms. The van der Waals surface area contributed by atoms with Gasteiger partial charge in [-0.1, -0.05) is 36.4 Å². The van der Waals surface area contributed by atoms with Crippen LogP contribution in [0.1, 0.15) is 41.9 Å². The zero-order valence-electron chi connectivity index (χ0n) is 18.8. The Kier molecular flexibility index (Phi) is 6.65. The SMILES string of the molecule is CC(C)n1cc(-c2cnc(N)c(-c3ccc(C(=O)NC(CO)c4ccccc4)c(F)c3)n2)cn1. The van der Waals surface area contributed by atoms with Crippen molar-refractivity contribution in [2.24, 2.45) is 0 Å². The first-order valence-corrected chi connectivity index (χ1v) is 10.8. The van der Waals surface area contributed by atoms with Gasteiger partial charge in [0, 0.05) is 23.4 Å². The van der Waals surface area contributed by atoms with E-state index in [4.69, 9.17) is 5.73 Å². The van der Waals surface area contributed by atoms with E-state index >= 15 is 0 Å². The van der Waals surface area contributed by atoms with Crippen LogP contribution in [0.15, 0.2) is 67.1 Å². The molecule has 174 valence electrons. The van der Waals surface area contributed by atoms with Crippen LogP contribution in [-0.4, -0.2) is 37.4 Å². The summed E-state index contributed by atoms with van der Waals surface area (Å²) < 4.78 is 16.8. The van der Waals surface area contributed by atoms with E-state index in [2.05, 4.69) is 20.4 Å². The molecule has 9 heteroatoms. The monoisotopic (exact) mass is 460 g/mol. The fraction of sp³-hybridized carbons (Fsp3) is 0.200. The quantitative estimate of drug-likeness (QED) is 0.386. The van der Waals surface area contributed by atoms with E-state index in [-0.39, 0.29) is 24.0 Å². The largest absolute Gasteiger partial charge is 0.394 e. The summed E-state index contributed by atoms with van der Waals surface area (Å²) >= 11 is 0. The molecule has 0 spiro atoms. The number of carbonyl (C=O) groups is 1. The zero-order valence-corrected chi connectivity index (χ0v) is 18.8. The molecule has 0 bridgehead atoms. The maximum absolute atomic E-state index is 15.0. The number of hydrogen-bond acceptors (Lipinski definition) is 6. The van der Waals surface area contributed by atoms with Crippen molar-refractivity contribution in [1.29, 1.82) is 0 Å². The second kappa shape index (κ2) is 9.80. The number of nitrogens with two attached hydrogens (primary N) is 1. The van der Waals surface area contributed by atoms with Gasteiger partial charge in [0.15, 0.2) is 0 Å². The predicted molar refractivity (Wildman–Crippen MR) is 127 cm³/mol. The van der Waals surface area contributed by atoms with Gasteiger partial charge in [-0.05, 0) is 31.5 Å². The molecule has 0 fully saturated rings. The summed E-state index contributed by atoms with van der Waals surface area (Å²) in [5, 5.41) is 16.6. The molecule has 1 amide bonds. The first-order valence-electron chi connectivity index (χ1n) is 10.8. The topological polar surface area (TPSA) is 119 Å². The number of amides is 1. The van der Waals surface area contributed by atoms with Crippen LogP contribution in [-0.2, 0) is 0 Å². The molecule has 2 heterocycles. The van der Waals surface area contributed by atoms with Crippen molar-refractivity contribution in [1.82, 2.24) is 25.1 Å². The van der Waals surface area contributed by atoms with Gasteiger partial charge in [0.1, 0.15) is 17.3 Å². The van der Waals surface area contributed by atoms with Crippen molar-refractivity contribution in [2.45, 2.75) is 25.9 Å². The smallest absolute Gasteiger partial charge is 0.254 e. The van der Waals surface area contributed by atoms with Crippen LogP contribution < -0.4 is 11.1 Å². The van der Waals surface area contributed by atoms with Gasteiger partial charge >= 0.3 is 0 Å². The Labute approximate surface area is 196 Å². The molecule has 1 unspecified atom stereocenters. The Morgan fingerprint density at radius 1 is 1.15 bits per heavy atom. The number of aromatic nitrogens is 4. The maximum Gasteiger partial charge on any atom is 0.254 e. The summed E-state index contributed by atoms with van der Waals surface area (Å²) in [6.07, 6.45) is 5.08. The van der Waals surface area contributed by atoms with Crippen molar-refractivity contribution in [3.8, 4) is 22.5 Å². The molecule has 2 aromatic heterocycles. The molecular formula is C25H25FN6O2. The molecule has 0 radical (unpaired) electrons. The summed E-state index contributed by atoms with van der Waals surface area (Å²) in [7, 11) is 0. The van der Waals surface area contributed by atoms with Crippen molar-refractivity contribution in [3.05, 3.63) is 84.1 Å². The fourth-order valence-corrected chi connectivity index (χ4v) is 3.50. The third-order valence-electron chi connectivity index (χ3n) is 5.40. The molecule has 0 saturated carbocycles. The van der Waals surface area contributed by atoms with Crippen LogP contribution >= 0.6 is 0 Å². The van der Waals surface area contributed by atoms with Crippen LogP contribution in [0.4, 0.5) is 10.2 Å². The average Bonchev–Trinajstić information content (AvgIpc) is 3.34. The number of hydrogen-bond donors (Lipinski definition) is 3. The van der Waals surface area contributed by atoms with Gasteiger partial charge in [-0.2, -0.15) is 5.10 Å². The van der Waals surface area contributed by atoms with Crippen LogP contribution in [0.25, 0.3) is 22.5 Å². The standard InChI is InChI=1S/C25H25FN6O2/c1-15(2)32-13-18(11-29-32)21-12-28-24(27)23(30-21)17-8-9-19(20(26)10-17)25(34)31-22(14-33)16-6-4-3-5-7-16/h3-13,15,22,33H,14H2,1-2H3,(H2,27,28)(H,31,34). The number of aliphatic hydroxyl groups is 1. The van der Waals surface area contributed by atoms with Crippen LogP contribution in [0.2, 0.25) is 0 Å². The first kappa shape index (κ1) is 23.1. The molecule has 4 N–H and O–H groups in total. The molecular weight excluding hydrogens is 435 g/mol. The molecule has 8 nitrogen and oxygen atoms in total. The first-order chi connectivity index (χ1) is 16.4. The number of aliphatic hydroxyl groups excluding tert-OH is 1. The van der Waals surface area contributed by atoms with Crippen molar-refractivity contribution in [3.63, 3.8) is 0 Å². The van der Waals surface area contributed by atoms with Gasteiger partial charge in [0.2, 0.25) is 0 Å². The number of halogens is 1. The normalized spacial score (nSPS) is 12.0. The number of rotatable bonds is 7. The zero-order chi connectivity index (χ0) is 24.2. The lowest BCUT2D eigenvalue weighted by atomic mass is 10.0. The highest BCUT2D eigenvalue weighted by atomic mass is 19.1. The molecule has 4 rings (SSSR count). The Hall–Kier alpha value is -4.11. The summed E-state index contributed by atoms with van der Waals surface area (Å²) in [5.41, 5.74) is 8.59. The number of nitrogen functional groups attached to an aromatic ring is 1. The summed E-state index contributed by atoms with van der Waals surface area (Å²) in [6.45, 7) is 3.71. The van der Waals surface area contributed by atoms with Gasteiger partial charge in [-0.3, -0.25) is 9.48 Å². The van der Waals surface area contributed by atoms with E-state index in [1.54, 1.807) is 41.2 Å². The molecule has 0 saturated heterocycles. The van der Waals surface area contributed by atoms with Crippen molar-refractivity contribution in [2.75, 3.05) is 12.3 Å². The van der Waals surface area contributed by atoms with E-state index in [0.29, 0.717) is 17.0 Å². The van der Waals surface area contributed by atoms with Gasteiger partial charge in [0.05, 0.1) is 36.3 Å². The minimum atomic E-state index is -0.737. The highest BCUT2D eigenvalue weighted by Gasteiger charge is 2.19. The van der Waals surface area contributed by atoms with Gasteiger partial charge < -0.3 is 16.2 Å². The van der Waals surface area contributed by atoms with E-state index in [1.807, 2.05) is 26.1 Å². The Morgan fingerprint density at radius 2 is 1.91 bits per heavy atom. The molecule has 1 atom stereocenters. The van der Waals surface area contributed by atoms with Gasteiger partial charge in [0.25, 0.3) is 5.91 Å². The molecule has 0 aliphatic heterocycles. The maximum atomic E-state index is 15.0. The highest BCUT2D eigenvalue weighted by Crippen LogP contribution is 2.28. The summed E-state index contributed by atoms with van der Waals surface area (Å²) in [5.74, 6) is -1.24. The predicted octanol–water partition coefficient (Wildman–Crippen LogP) is 3.77. The fourth-order valence-electron chi connectivity index (χ4n) is 3.50. The lowest BCUT2D eigenvalue weighted by molar-refractivity contribution is 0.0912. The second-order valence-electron chi connectivity index (χ2n) is 8.11. The van der Waals surface area contributed by atoms with Crippen LogP contribution in [0, 0.1) is 5.82 Å². The van der Waals surface area contributed by atoms with E-state index in [9.17, 15) is 14.3 Å². The minimum absolute atomic E-state index is 0.140. The third-order valence-corrected chi connectivity index (χ3v) is 5.40. The summed E-state index contributed by atoms with van der Waals surface area (Å²) in [6, 6.07) is 12.7. The average molecular weight is 461 g/mol. The molecule has 2 aromatic carbocycles. The molecule has 0 aliphatic carbocycles. The Bertz CT molecular complexity index is 1310. The Balaban J connectivity index is 1.60. The van der Waals surface area contributed by atoms with Crippen molar-refractivity contribution < 1.29 is 14.3 Å². The number of nitrogens with zero attached hydrogens (tertiary/aromatic N) is 4. The lowest BCUT2D eigenvalue weighted by Crippen LogP contribution is -2.31. The van der Waals surface area contributed by atoms with E-state index < -0.39 is 17.8 Å². The lowest BCUT2D eigenvalue weighted by Gasteiger charge is -2.17. The van der Waals surface area contributed by atoms with Gasteiger partial charge in [-0.25, -0.2) is 14.4 Å². The number of nitrogens with one attached hydrogen (secondary N) is 1. The molecule has 0 aliphatic rings. The second-order valence-corrected chi connectivity index (χ2v) is 8.11. The van der Waals surface area contributed by atoms with Crippen molar-refractivity contribution >= 4 is 11.7 Å². The Morgan fingerprint density at radius 3 is 2.56 bits per heavy atom. The van der Waals surface area contributed by atoms with Crippen LogP contribution in [0.5, 0.6) is 0 Å². The highest BCUT2D eigenvalue weighted by molar-refractivity contribution is 5.95. The number of anilines is 1. The third kappa shape index (κ3) is 4.79. The summed E-state index contributed by atoms with van der Waals surface area (Å²) in [4.78, 5) is 21.5. The van der Waals surface area contributed by atoms with E-state index in [0.717, 1.165) is 11.1 Å². The molecule has 4 aromatic rings. The number of carbonyl (C=O) groups excluding carboxylic acids is 1. The van der Waals surface area contributed by atoms with Crippen LogP contribution in [0.3, 0.4) is 0 Å². The van der Waals surface area contributed by atoms with Gasteiger partial charge in [-0.15, -0.1) is 0 Å².